The first-order valence-electron chi connectivity index (χ1n) is 9.93. The van der Waals surface area contributed by atoms with Crippen LogP contribution in [0.2, 0.25) is 5.02 Å². The molecular formula is C23H22ClFN2O5. The number of ether oxygens (including phenoxy) is 1. The largest absolute Gasteiger partial charge is 0.459 e. The van der Waals surface area contributed by atoms with Crippen LogP contribution in [0.5, 0.6) is 0 Å². The van der Waals surface area contributed by atoms with E-state index in [1.165, 1.54) is 24.5 Å². The fourth-order valence-corrected chi connectivity index (χ4v) is 3.47. The normalized spacial score (nSPS) is 10.8. The van der Waals surface area contributed by atoms with E-state index < -0.39 is 18.4 Å². The number of esters is 1. The summed E-state index contributed by atoms with van der Waals surface area (Å²) in [5, 5.41) is 2.61. The van der Waals surface area contributed by atoms with Crippen molar-refractivity contribution in [1.82, 2.24) is 9.88 Å². The highest BCUT2D eigenvalue weighted by Gasteiger charge is 2.19. The highest BCUT2D eigenvalue weighted by molar-refractivity contribution is 6.30. The number of hydrogen-bond acceptors (Lipinski definition) is 5. The first kappa shape index (κ1) is 23.3. The number of amides is 1. The number of nitrogens with one attached hydrogen (secondary N) is 1. The van der Waals surface area contributed by atoms with Gasteiger partial charge in [-0.3, -0.25) is 14.4 Å². The Balaban J connectivity index is 1.51. The minimum absolute atomic E-state index is 0.0165. The molecule has 7 nitrogen and oxygen atoms in total. The molecule has 1 amide bonds. The van der Waals surface area contributed by atoms with E-state index in [9.17, 15) is 18.8 Å². The summed E-state index contributed by atoms with van der Waals surface area (Å²) in [6.45, 7) is 3.43. The monoisotopic (exact) mass is 460 g/mol. The maximum Gasteiger partial charge on any atom is 0.306 e. The average Bonchev–Trinajstić information content (AvgIpc) is 3.40. The lowest BCUT2D eigenvalue weighted by Gasteiger charge is -2.11. The number of halogens is 2. The molecule has 0 unspecified atom stereocenters. The molecule has 2 heterocycles. The smallest absolute Gasteiger partial charge is 0.306 e. The zero-order chi connectivity index (χ0) is 23.3. The Hall–Kier alpha value is -3.39. The summed E-state index contributed by atoms with van der Waals surface area (Å²) in [5.74, 6) is -1.58. The van der Waals surface area contributed by atoms with Crippen molar-refractivity contribution in [3.05, 3.63) is 76.2 Å². The van der Waals surface area contributed by atoms with E-state index in [1.54, 1.807) is 29.7 Å². The van der Waals surface area contributed by atoms with E-state index in [0.717, 1.165) is 5.69 Å². The highest BCUT2D eigenvalue weighted by Crippen LogP contribution is 2.25. The van der Waals surface area contributed by atoms with Crippen LogP contribution in [-0.2, 0) is 9.53 Å². The molecule has 2 aromatic heterocycles. The van der Waals surface area contributed by atoms with E-state index in [4.69, 9.17) is 20.8 Å². The van der Waals surface area contributed by atoms with Crippen molar-refractivity contribution in [2.75, 3.05) is 13.2 Å². The van der Waals surface area contributed by atoms with Gasteiger partial charge in [0.15, 0.2) is 12.4 Å². The molecule has 0 atom stereocenters. The number of benzene rings is 1. The number of carbonyl (C=O) groups excluding carboxylic acids is 3. The minimum Gasteiger partial charge on any atom is -0.459 e. The molecule has 3 aromatic rings. The van der Waals surface area contributed by atoms with E-state index >= 15 is 0 Å². The summed E-state index contributed by atoms with van der Waals surface area (Å²) in [7, 11) is 0. The first-order valence-corrected chi connectivity index (χ1v) is 10.3. The van der Waals surface area contributed by atoms with Crippen molar-refractivity contribution in [2.45, 2.75) is 26.7 Å². The summed E-state index contributed by atoms with van der Waals surface area (Å²) in [4.78, 5) is 36.3. The molecule has 0 bridgehead atoms. The quantitative estimate of drug-likeness (QED) is 0.290. The Morgan fingerprint density at radius 1 is 1.19 bits per heavy atom. The van der Waals surface area contributed by atoms with Crippen LogP contribution in [0.15, 0.2) is 47.1 Å². The molecule has 9 heteroatoms. The molecule has 0 saturated carbocycles. The van der Waals surface area contributed by atoms with E-state index in [2.05, 4.69) is 5.32 Å². The highest BCUT2D eigenvalue weighted by atomic mass is 35.5. The van der Waals surface area contributed by atoms with Crippen molar-refractivity contribution >= 4 is 29.3 Å². The summed E-state index contributed by atoms with van der Waals surface area (Å²) in [6.07, 6.45) is 1.81. The van der Waals surface area contributed by atoms with Crippen LogP contribution in [0.1, 0.15) is 45.1 Å². The summed E-state index contributed by atoms with van der Waals surface area (Å²) in [6, 6.07) is 9.15. The second-order valence-corrected chi connectivity index (χ2v) is 7.55. The van der Waals surface area contributed by atoms with Gasteiger partial charge >= 0.3 is 5.97 Å². The molecule has 1 aromatic carbocycles. The lowest BCUT2D eigenvalue weighted by Crippen LogP contribution is -2.24. The predicted octanol–water partition coefficient (Wildman–Crippen LogP) is 4.42. The van der Waals surface area contributed by atoms with Crippen molar-refractivity contribution in [3.63, 3.8) is 0 Å². The predicted molar refractivity (Wildman–Crippen MR) is 116 cm³/mol. The number of nitrogens with zero attached hydrogens (tertiary/aromatic N) is 1. The summed E-state index contributed by atoms with van der Waals surface area (Å²) in [5.41, 5.74) is 2.42. The number of hydrogen-bond donors (Lipinski definition) is 1. The number of furan rings is 1. The maximum absolute atomic E-state index is 13.5. The molecule has 0 radical (unpaired) electrons. The lowest BCUT2D eigenvalue weighted by atomic mass is 10.1. The Morgan fingerprint density at radius 2 is 1.97 bits per heavy atom. The van der Waals surface area contributed by atoms with Crippen LogP contribution in [0, 0.1) is 19.7 Å². The number of aromatic nitrogens is 1. The fourth-order valence-electron chi connectivity index (χ4n) is 3.29. The van der Waals surface area contributed by atoms with E-state index in [1.807, 2.05) is 6.92 Å². The van der Waals surface area contributed by atoms with Gasteiger partial charge in [0, 0.05) is 35.6 Å². The van der Waals surface area contributed by atoms with Crippen LogP contribution < -0.4 is 5.32 Å². The van der Waals surface area contributed by atoms with Gasteiger partial charge in [0.05, 0.1) is 11.3 Å². The zero-order valence-electron chi connectivity index (χ0n) is 17.6. The Bertz CT molecular complexity index is 1140. The second-order valence-electron chi connectivity index (χ2n) is 7.14. The molecule has 0 saturated heterocycles. The van der Waals surface area contributed by atoms with Gasteiger partial charge in [0.25, 0.3) is 5.91 Å². The third kappa shape index (κ3) is 5.45. The standard InChI is InChI=1S/C23H22ClFN2O5/c1-14-11-17(15(2)27(14)16-7-8-19(25)18(24)12-16)20(28)13-32-22(29)6-3-9-26-23(30)21-5-4-10-31-21/h4-5,7-8,10-12H,3,6,9,13H2,1-2H3,(H,26,30). The van der Waals surface area contributed by atoms with Gasteiger partial charge in [-0.25, -0.2) is 4.39 Å². The van der Waals surface area contributed by atoms with Crippen molar-refractivity contribution in [1.29, 1.82) is 0 Å². The SMILES string of the molecule is Cc1cc(C(=O)COC(=O)CCCNC(=O)c2ccco2)c(C)n1-c1ccc(F)c(Cl)c1. The molecule has 3 rings (SSSR count). The van der Waals surface area contributed by atoms with Crippen molar-refractivity contribution < 1.29 is 27.9 Å². The van der Waals surface area contributed by atoms with Gasteiger partial charge < -0.3 is 19.0 Å². The topological polar surface area (TPSA) is 90.5 Å². The zero-order valence-corrected chi connectivity index (χ0v) is 18.4. The Kier molecular flexibility index (Phi) is 7.48. The number of carbonyl (C=O) groups is 3. The van der Waals surface area contributed by atoms with Crippen LogP contribution in [0.4, 0.5) is 4.39 Å². The summed E-state index contributed by atoms with van der Waals surface area (Å²) >= 11 is 5.88. The second kappa shape index (κ2) is 10.3. The van der Waals surface area contributed by atoms with Gasteiger partial charge in [-0.2, -0.15) is 0 Å². The van der Waals surface area contributed by atoms with Gasteiger partial charge in [-0.1, -0.05) is 11.6 Å². The van der Waals surface area contributed by atoms with Gasteiger partial charge in [0.2, 0.25) is 5.78 Å². The molecule has 168 valence electrons. The number of ketones is 1. The van der Waals surface area contributed by atoms with Crippen LogP contribution in [0.3, 0.4) is 0 Å². The third-order valence-corrected chi connectivity index (χ3v) is 5.14. The molecule has 0 aliphatic heterocycles. The minimum atomic E-state index is -0.537. The molecule has 32 heavy (non-hydrogen) atoms. The van der Waals surface area contributed by atoms with Crippen LogP contribution >= 0.6 is 11.6 Å². The van der Waals surface area contributed by atoms with Crippen molar-refractivity contribution in [3.8, 4) is 5.69 Å². The first-order chi connectivity index (χ1) is 15.3. The Morgan fingerprint density at radius 3 is 2.66 bits per heavy atom. The number of aryl methyl sites for hydroxylation is 1. The third-order valence-electron chi connectivity index (χ3n) is 4.85. The summed E-state index contributed by atoms with van der Waals surface area (Å²) < 4.78 is 25.3. The molecule has 0 aliphatic rings. The fraction of sp³-hybridized carbons (Fsp3) is 0.261. The van der Waals surface area contributed by atoms with Crippen LogP contribution in [-0.4, -0.2) is 35.4 Å². The average molecular weight is 461 g/mol. The van der Waals surface area contributed by atoms with Gasteiger partial charge in [0.1, 0.15) is 5.82 Å². The van der Waals surface area contributed by atoms with Crippen LogP contribution in [0.25, 0.3) is 5.69 Å². The van der Waals surface area contributed by atoms with Gasteiger partial charge in [-0.05, 0) is 56.7 Å². The van der Waals surface area contributed by atoms with E-state index in [-0.39, 0.29) is 35.4 Å². The van der Waals surface area contributed by atoms with Crippen molar-refractivity contribution in [2.24, 2.45) is 0 Å². The number of rotatable bonds is 9. The van der Waals surface area contributed by atoms with Gasteiger partial charge in [-0.15, -0.1) is 0 Å². The number of Topliss-reactive ketones (excluding diaryl/α,β-unsaturated/α-hetero) is 1. The molecular weight excluding hydrogens is 439 g/mol. The molecule has 0 aliphatic carbocycles. The molecule has 0 fully saturated rings. The molecule has 0 spiro atoms. The molecule has 1 N–H and O–H groups in total. The maximum atomic E-state index is 13.5. The Labute approximate surface area is 189 Å². The van der Waals surface area contributed by atoms with E-state index in [0.29, 0.717) is 23.4 Å². The lowest BCUT2D eigenvalue weighted by molar-refractivity contribution is -0.142.